The molecule has 106 valence electrons. The van der Waals surface area contributed by atoms with Gasteiger partial charge in [0.25, 0.3) is 0 Å². The summed E-state index contributed by atoms with van der Waals surface area (Å²) >= 11 is 3.54. The van der Waals surface area contributed by atoms with E-state index >= 15 is 0 Å². The molecule has 1 saturated carbocycles. The largest absolute Gasteiger partial charge is 0.496 e. The molecule has 3 heteroatoms. The van der Waals surface area contributed by atoms with Crippen LogP contribution in [0.2, 0.25) is 0 Å². The fourth-order valence-electron chi connectivity index (χ4n) is 3.07. The van der Waals surface area contributed by atoms with Crippen LogP contribution in [0.25, 0.3) is 0 Å². The molecule has 0 aliphatic heterocycles. The lowest BCUT2D eigenvalue weighted by Gasteiger charge is -2.39. The summed E-state index contributed by atoms with van der Waals surface area (Å²) in [5, 5.41) is 0. The predicted octanol–water partition coefficient (Wildman–Crippen LogP) is 4.30. The first kappa shape index (κ1) is 14.9. The van der Waals surface area contributed by atoms with Gasteiger partial charge in [-0.2, -0.15) is 0 Å². The van der Waals surface area contributed by atoms with Gasteiger partial charge in [-0.25, -0.2) is 0 Å². The lowest BCUT2D eigenvalue weighted by atomic mass is 9.69. The van der Waals surface area contributed by atoms with Crippen molar-refractivity contribution < 1.29 is 4.74 Å². The minimum Gasteiger partial charge on any atom is -0.496 e. The van der Waals surface area contributed by atoms with E-state index < -0.39 is 0 Å². The molecule has 1 fully saturated rings. The molecule has 1 atom stereocenters. The average molecular weight is 326 g/mol. The van der Waals surface area contributed by atoms with Crippen LogP contribution in [0.15, 0.2) is 22.7 Å². The van der Waals surface area contributed by atoms with Crippen LogP contribution in [0.1, 0.15) is 44.6 Å². The molecule has 1 unspecified atom stereocenters. The van der Waals surface area contributed by atoms with E-state index in [0.29, 0.717) is 5.41 Å². The van der Waals surface area contributed by atoms with Crippen LogP contribution < -0.4 is 10.5 Å². The van der Waals surface area contributed by atoms with Gasteiger partial charge < -0.3 is 10.5 Å². The van der Waals surface area contributed by atoms with Crippen molar-refractivity contribution in [2.75, 3.05) is 7.11 Å². The maximum Gasteiger partial charge on any atom is 0.133 e. The Morgan fingerprint density at radius 3 is 2.58 bits per heavy atom. The van der Waals surface area contributed by atoms with Crippen molar-refractivity contribution in [3.8, 4) is 5.75 Å². The Morgan fingerprint density at radius 2 is 2.00 bits per heavy atom. The second kappa shape index (κ2) is 6.27. The van der Waals surface area contributed by atoms with Gasteiger partial charge in [0.2, 0.25) is 0 Å². The van der Waals surface area contributed by atoms with Gasteiger partial charge in [-0.05, 0) is 58.3 Å². The first-order chi connectivity index (χ1) is 9.05. The zero-order valence-corrected chi connectivity index (χ0v) is 13.5. The summed E-state index contributed by atoms with van der Waals surface area (Å²) < 4.78 is 6.27. The van der Waals surface area contributed by atoms with E-state index in [0.717, 1.165) is 16.6 Å². The van der Waals surface area contributed by atoms with Gasteiger partial charge in [-0.3, -0.25) is 0 Å². The predicted molar refractivity (Wildman–Crippen MR) is 83.6 cm³/mol. The normalized spacial score (nSPS) is 20.0. The highest BCUT2D eigenvalue weighted by molar-refractivity contribution is 9.10. The van der Waals surface area contributed by atoms with Crippen molar-refractivity contribution in [1.29, 1.82) is 0 Å². The van der Waals surface area contributed by atoms with Gasteiger partial charge in [0, 0.05) is 6.04 Å². The van der Waals surface area contributed by atoms with Crippen molar-refractivity contribution in [3.05, 3.63) is 28.2 Å². The number of halogens is 1. The Balaban J connectivity index is 2.05. The number of benzene rings is 1. The Kier molecular flexibility index (Phi) is 4.91. The molecule has 2 rings (SSSR count). The summed E-state index contributed by atoms with van der Waals surface area (Å²) in [4.78, 5) is 0. The second-order valence-electron chi connectivity index (χ2n) is 5.99. The summed E-state index contributed by atoms with van der Waals surface area (Å²) in [7, 11) is 1.69. The third-order valence-corrected chi connectivity index (χ3v) is 5.18. The minimum atomic E-state index is 0.244. The Labute approximate surface area is 124 Å². The number of hydrogen-bond donors (Lipinski definition) is 1. The van der Waals surface area contributed by atoms with E-state index in [1.165, 1.54) is 37.7 Å². The zero-order chi connectivity index (χ0) is 13.9. The van der Waals surface area contributed by atoms with E-state index in [2.05, 4.69) is 35.0 Å². The Hall–Kier alpha value is -0.540. The summed E-state index contributed by atoms with van der Waals surface area (Å²) in [6.45, 7) is 2.36. The zero-order valence-electron chi connectivity index (χ0n) is 11.9. The van der Waals surface area contributed by atoms with Gasteiger partial charge in [0.15, 0.2) is 0 Å². The Bertz CT molecular complexity index is 427. The maximum absolute atomic E-state index is 6.49. The first-order valence-corrected chi connectivity index (χ1v) is 7.92. The van der Waals surface area contributed by atoms with Crippen molar-refractivity contribution in [3.63, 3.8) is 0 Å². The molecule has 0 bridgehead atoms. The second-order valence-corrected chi connectivity index (χ2v) is 6.85. The van der Waals surface area contributed by atoms with Crippen molar-refractivity contribution in [2.24, 2.45) is 11.1 Å². The summed E-state index contributed by atoms with van der Waals surface area (Å²) in [6.07, 6.45) is 7.51. The Morgan fingerprint density at radius 1 is 1.32 bits per heavy atom. The van der Waals surface area contributed by atoms with Crippen LogP contribution in [0.3, 0.4) is 0 Å². The molecule has 0 aromatic heterocycles. The molecule has 19 heavy (non-hydrogen) atoms. The van der Waals surface area contributed by atoms with Gasteiger partial charge in [0.05, 0.1) is 11.6 Å². The van der Waals surface area contributed by atoms with E-state index in [9.17, 15) is 0 Å². The first-order valence-electron chi connectivity index (χ1n) is 7.13. The summed E-state index contributed by atoms with van der Waals surface area (Å²) in [5.74, 6) is 0.876. The van der Waals surface area contributed by atoms with Crippen LogP contribution in [-0.4, -0.2) is 13.2 Å². The summed E-state index contributed by atoms with van der Waals surface area (Å²) in [6, 6.07) is 6.50. The molecule has 0 heterocycles. The highest BCUT2D eigenvalue weighted by atomic mass is 79.9. The van der Waals surface area contributed by atoms with Gasteiger partial charge >= 0.3 is 0 Å². The molecular formula is C16H24BrNO. The van der Waals surface area contributed by atoms with Crippen LogP contribution >= 0.6 is 15.9 Å². The molecule has 0 amide bonds. The van der Waals surface area contributed by atoms with Crippen LogP contribution in [0, 0.1) is 5.41 Å². The fraction of sp³-hybridized carbons (Fsp3) is 0.625. The van der Waals surface area contributed by atoms with Crippen LogP contribution in [0.5, 0.6) is 5.75 Å². The van der Waals surface area contributed by atoms with E-state index in [-0.39, 0.29) is 6.04 Å². The highest BCUT2D eigenvalue weighted by Crippen LogP contribution is 2.39. The van der Waals surface area contributed by atoms with Crippen LogP contribution in [0.4, 0.5) is 0 Å². The quantitative estimate of drug-likeness (QED) is 0.895. The smallest absolute Gasteiger partial charge is 0.133 e. The monoisotopic (exact) mass is 325 g/mol. The van der Waals surface area contributed by atoms with E-state index in [1.807, 2.05) is 6.07 Å². The van der Waals surface area contributed by atoms with Gasteiger partial charge in [0.1, 0.15) is 5.75 Å². The molecule has 1 aliphatic rings. The SMILES string of the molecule is COc1ccc(CC(N)C2(C)CCCCC2)cc1Br. The molecule has 1 aromatic carbocycles. The highest BCUT2D eigenvalue weighted by Gasteiger charge is 2.33. The molecule has 1 aliphatic carbocycles. The molecule has 1 aromatic rings. The number of hydrogen-bond acceptors (Lipinski definition) is 2. The number of ether oxygens (including phenoxy) is 1. The molecule has 0 spiro atoms. The van der Waals surface area contributed by atoms with E-state index in [1.54, 1.807) is 7.11 Å². The maximum atomic E-state index is 6.49. The molecule has 0 radical (unpaired) electrons. The lowest BCUT2D eigenvalue weighted by molar-refractivity contribution is 0.169. The van der Waals surface area contributed by atoms with Crippen molar-refractivity contribution in [1.82, 2.24) is 0 Å². The van der Waals surface area contributed by atoms with Crippen molar-refractivity contribution in [2.45, 2.75) is 51.5 Å². The molecule has 2 nitrogen and oxygen atoms in total. The lowest BCUT2D eigenvalue weighted by Crippen LogP contribution is -2.42. The topological polar surface area (TPSA) is 35.2 Å². The summed E-state index contributed by atoms with van der Waals surface area (Å²) in [5.41, 5.74) is 8.08. The third-order valence-electron chi connectivity index (χ3n) is 4.56. The molecular weight excluding hydrogens is 302 g/mol. The average Bonchev–Trinajstić information content (AvgIpc) is 2.40. The number of methoxy groups -OCH3 is 1. The minimum absolute atomic E-state index is 0.244. The van der Waals surface area contributed by atoms with Gasteiger partial charge in [-0.15, -0.1) is 0 Å². The molecule has 0 saturated heterocycles. The molecule has 2 N–H and O–H groups in total. The van der Waals surface area contributed by atoms with E-state index in [4.69, 9.17) is 10.5 Å². The number of nitrogens with two attached hydrogens (primary N) is 1. The van der Waals surface area contributed by atoms with Crippen molar-refractivity contribution >= 4 is 15.9 Å². The number of rotatable bonds is 4. The fourth-order valence-corrected chi connectivity index (χ4v) is 3.66. The van der Waals surface area contributed by atoms with Crippen LogP contribution in [-0.2, 0) is 6.42 Å². The standard InChI is InChI=1S/C16H24BrNO/c1-16(8-4-3-5-9-16)15(18)11-12-6-7-14(19-2)13(17)10-12/h6-7,10,15H,3-5,8-9,11,18H2,1-2H3. The third kappa shape index (κ3) is 3.51. The van der Waals surface area contributed by atoms with Gasteiger partial charge in [-0.1, -0.05) is 32.3 Å².